The Labute approximate surface area is 108 Å². The van der Waals surface area contributed by atoms with Crippen molar-refractivity contribution >= 4 is 17.5 Å². The van der Waals surface area contributed by atoms with E-state index in [0.29, 0.717) is 11.5 Å². The van der Waals surface area contributed by atoms with Crippen LogP contribution in [-0.4, -0.2) is 15.6 Å². The second-order valence-corrected chi connectivity index (χ2v) is 4.91. The first-order valence-corrected chi connectivity index (χ1v) is 6.66. The number of ether oxygens (including phenoxy) is 1. The quantitative estimate of drug-likeness (QED) is 0.797. The third kappa shape index (κ3) is 1.92. The zero-order valence-corrected chi connectivity index (χ0v) is 10.7. The molecule has 1 aliphatic rings. The molecule has 1 atom stereocenters. The first-order valence-electron chi connectivity index (χ1n) is 5.83. The first kappa shape index (κ1) is 11.4. The molecule has 5 nitrogen and oxygen atoms in total. The minimum absolute atomic E-state index is 0.345. The molecule has 0 aliphatic heterocycles. The molecular formula is C12H12N2O3S. The number of hydrogen-bond donors (Lipinski definition) is 0. The fraction of sp³-hybridized carbons (Fsp3) is 0.417. The lowest BCUT2D eigenvalue weighted by Crippen LogP contribution is -2.10. The van der Waals surface area contributed by atoms with Crippen molar-refractivity contribution in [1.82, 2.24) is 9.59 Å². The molecule has 0 N–H and O–H groups in total. The van der Waals surface area contributed by atoms with Crippen molar-refractivity contribution in [3.63, 3.8) is 0 Å². The van der Waals surface area contributed by atoms with Crippen LogP contribution >= 0.6 is 11.5 Å². The zero-order chi connectivity index (χ0) is 12.5. The van der Waals surface area contributed by atoms with E-state index in [4.69, 9.17) is 9.15 Å². The Balaban J connectivity index is 1.75. The molecule has 94 valence electrons. The Morgan fingerprint density at radius 3 is 3.22 bits per heavy atom. The number of carbonyl (C=O) groups is 1. The van der Waals surface area contributed by atoms with E-state index in [0.717, 1.165) is 30.4 Å². The van der Waals surface area contributed by atoms with E-state index in [9.17, 15) is 4.79 Å². The highest BCUT2D eigenvalue weighted by Gasteiger charge is 2.26. The second-order valence-electron chi connectivity index (χ2n) is 4.30. The van der Waals surface area contributed by atoms with E-state index in [1.54, 1.807) is 18.6 Å². The van der Waals surface area contributed by atoms with Crippen molar-refractivity contribution in [3.8, 4) is 0 Å². The molecule has 2 aromatic heterocycles. The molecule has 6 heteroatoms. The smallest absolute Gasteiger partial charge is 0.375 e. The Morgan fingerprint density at radius 1 is 1.56 bits per heavy atom. The van der Waals surface area contributed by atoms with E-state index in [1.807, 2.05) is 0 Å². The monoisotopic (exact) mass is 264 g/mol. The van der Waals surface area contributed by atoms with Gasteiger partial charge in [-0.25, -0.2) is 4.79 Å². The Hall–Kier alpha value is -1.69. The van der Waals surface area contributed by atoms with Gasteiger partial charge in [-0.3, -0.25) is 0 Å². The second kappa shape index (κ2) is 4.53. The van der Waals surface area contributed by atoms with E-state index in [2.05, 4.69) is 9.59 Å². The fourth-order valence-corrected chi connectivity index (χ4v) is 2.69. The van der Waals surface area contributed by atoms with Gasteiger partial charge in [-0.2, -0.15) is 0 Å². The van der Waals surface area contributed by atoms with Crippen LogP contribution in [0.25, 0.3) is 0 Å². The van der Waals surface area contributed by atoms with Crippen molar-refractivity contribution < 1.29 is 13.9 Å². The summed E-state index contributed by atoms with van der Waals surface area (Å²) in [6.07, 6.45) is 4.21. The van der Waals surface area contributed by atoms with Gasteiger partial charge >= 0.3 is 5.97 Å². The van der Waals surface area contributed by atoms with Gasteiger partial charge in [0.2, 0.25) is 5.76 Å². The molecule has 1 unspecified atom stereocenters. The van der Waals surface area contributed by atoms with E-state index in [-0.39, 0.29) is 0 Å². The minimum atomic E-state index is -0.418. The molecule has 0 radical (unpaired) electrons. The molecule has 0 saturated carbocycles. The summed E-state index contributed by atoms with van der Waals surface area (Å²) in [7, 11) is 0. The first-order chi connectivity index (χ1) is 8.75. The molecule has 1 aliphatic carbocycles. The molecule has 0 amide bonds. The lowest BCUT2D eigenvalue weighted by Gasteiger charge is -2.09. The van der Waals surface area contributed by atoms with Crippen LogP contribution < -0.4 is 0 Å². The summed E-state index contributed by atoms with van der Waals surface area (Å²) in [6, 6.07) is 0. The van der Waals surface area contributed by atoms with Crippen LogP contribution in [0.1, 0.15) is 46.8 Å². The summed E-state index contributed by atoms with van der Waals surface area (Å²) in [5, 5.41) is 5.65. The highest BCUT2D eigenvalue weighted by atomic mass is 32.1. The highest BCUT2D eigenvalue weighted by Crippen LogP contribution is 2.28. The average Bonchev–Trinajstić information content (AvgIpc) is 3.06. The zero-order valence-electron chi connectivity index (χ0n) is 9.88. The van der Waals surface area contributed by atoms with Crippen molar-refractivity contribution in [2.45, 2.75) is 32.3 Å². The van der Waals surface area contributed by atoms with Crippen LogP contribution in [0.15, 0.2) is 16.1 Å². The van der Waals surface area contributed by atoms with Gasteiger partial charge in [0.1, 0.15) is 11.8 Å². The van der Waals surface area contributed by atoms with Gasteiger partial charge in [-0.05, 0) is 43.3 Å². The van der Waals surface area contributed by atoms with Crippen LogP contribution in [0.5, 0.6) is 0 Å². The summed E-state index contributed by atoms with van der Waals surface area (Å²) in [5.74, 6) is -0.0730. The normalized spacial score (nSPS) is 15.4. The van der Waals surface area contributed by atoms with E-state index < -0.39 is 12.1 Å². The number of aromatic nitrogens is 2. The van der Waals surface area contributed by atoms with Crippen LogP contribution in [0.2, 0.25) is 0 Å². The number of fused-ring (bicyclic) bond motifs is 1. The van der Waals surface area contributed by atoms with E-state index in [1.165, 1.54) is 11.5 Å². The molecular weight excluding hydrogens is 252 g/mol. The van der Waals surface area contributed by atoms with Crippen LogP contribution in [0.3, 0.4) is 0 Å². The lowest BCUT2D eigenvalue weighted by atomic mass is 10.2. The number of rotatable bonds is 3. The summed E-state index contributed by atoms with van der Waals surface area (Å²) < 4.78 is 14.4. The topological polar surface area (TPSA) is 65.2 Å². The number of hydrogen-bond acceptors (Lipinski definition) is 6. The largest absolute Gasteiger partial charge is 0.457 e. The predicted molar refractivity (Wildman–Crippen MR) is 64.5 cm³/mol. The Kier molecular flexibility index (Phi) is 2.87. The maximum Gasteiger partial charge on any atom is 0.375 e. The number of nitrogens with zero attached hydrogens (tertiary/aromatic N) is 2. The number of carbonyl (C=O) groups excluding carboxylic acids is 1. The molecule has 0 saturated heterocycles. The molecule has 0 aromatic carbocycles. The van der Waals surface area contributed by atoms with E-state index >= 15 is 0 Å². The van der Waals surface area contributed by atoms with Gasteiger partial charge in [0.15, 0.2) is 0 Å². The molecule has 2 heterocycles. The van der Waals surface area contributed by atoms with Crippen molar-refractivity contribution in [3.05, 3.63) is 34.2 Å². The highest BCUT2D eigenvalue weighted by molar-refractivity contribution is 7.03. The predicted octanol–water partition coefficient (Wildman–Crippen LogP) is 2.54. The van der Waals surface area contributed by atoms with Crippen LogP contribution in [0, 0.1) is 0 Å². The average molecular weight is 264 g/mol. The molecule has 3 rings (SSSR count). The Morgan fingerprint density at radius 2 is 2.44 bits per heavy atom. The van der Waals surface area contributed by atoms with Gasteiger partial charge in [0, 0.05) is 10.9 Å². The van der Waals surface area contributed by atoms with Crippen LogP contribution in [-0.2, 0) is 17.6 Å². The number of furan rings is 1. The lowest BCUT2D eigenvalue weighted by molar-refractivity contribution is 0.0291. The third-order valence-corrected chi connectivity index (χ3v) is 3.64. The SMILES string of the molecule is CC(OC(=O)c1occ2c1CCC2)c1csnn1. The molecule has 0 spiro atoms. The van der Waals surface area contributed by atoms with Gasteiger partial charge < -0.3 is 9.15 Å². The molecule has 0 bridgehead atoms. The fourth-order valence-electron chi connectivity index (χ4n) is 2.15. The number of aryl methyl sites for hydroxylation is 1. The maximum atomic E-state index is 12.0. The van der Waals surface area contributed by atoms with Gasteiger partial charge in [-0.15, -0.1) is 5.10 Å². The molecule has 18 heavy (non-hydrogen) atoms. The van der Waals surface area contributed by atoms with Crippen LogP contribution in [0.4, 0.5) is 0 Å². The summed E-state index contributed by atoms with van der Waals surface area (Å²) in [6.45, 7) is 1.78. The standard InChI is InChI=1S/C12H12N2O3S/c1-7(10-6-18-14-13-10)17-12(15)11-9-4-2-3-8(9)5-16-11/h5-7H,2-4H2,1H3. The van der Waals surface area contributed by atoms with Gasteiger partial charge in [0.05, 0.1) is 6.26 Å². The maximum absolute atomic E-state index is 12.0. The Bertz CT molecular complexity index is 562. The van der Waals surface area contributed by atoms with Crippen molar-refractivity contribution in [2.75, 3.05) is 0 Å². The van der Waals surface area contributed by atoms with Gasteiger partial charge in [-0.1, -0.05) is 4.49 Å². The number of esters is 1. The summed E-state index contributed by atoms with van der Waals surface area (Å²) in [5.41, 5.74) is 2.80. The summed E-state index contributed by atoms with van der Waals surface area (Å²) in [4.78, 5) is 12.0. The van der Waals surface area contributed by atoms with Crippen molar-refractivity contribution in [2.24, 2.45) is 0 Å². The molecule has 0 fully saturated rings. The summed E-state index contributed by atoms with van der Waals surface area (Å²) >= 11 is 1.24. The minimum Gasteiger partial charge on any atom is -0.457 e. The van der Waals surface area contributed by atoms with Crippen molar-refractivity contribution in [1.29, 1.82) is 0 Å². The molecule has 2 aromatic rings. The third-order valence-electron chi connectivity index (χ3n) is 3.12. The van der Waals surface area contributed by atoms with Gasteiger partial charge in [0.25, 0.3) is 0 Å².